The maximum absolute atomic E-state index is 13.8. The molecule has 0 spiro atoms. The van der Waals surface area contributed by atoms with Gasteiger partial charge in [-0.3, -0.25) is 0 Å². The molecule has 0 amide bonds. The van der Waals surface area contributed by atoms with Gasteiger partial charge in [0, 0.05) is 24.4 Å². The highest BCUT2D eigenvalue weighted by molar-refractivity contribution is 5.37. The summed E-state index contributed by atoms with van der Waals surface area (Å²) >= 11 is 0. The van der Waals surface area contributed by atoms with Gasteiger partial charge < -0.3 is 15.2 Å². The van der Waals surface area contributed by atoms with Gasteiger partial charge in [0.25, 0.3) is 0 Å². The molecule has 0 saturated carbocycles. The second kappa shape index (κ2) is 5.47. The second-order valence-electron chi connectivity index (χ2n) is 4.38. The van der Waals surface area contributed by atoms with Gasteiger partial charge in [0.05, 0.1) is 13.2 Å². The zero-order chi connectivity index (χ0) is 12.3. The van der Waals surface area contributed by atoms with Crippen LogP contribution in [-0.4, -0.2) is 19.3 Å². The van der Waals surface area contributed by atoms with Crippen LogP contribution >= 0.6 is 0 Å². The number of ether oxygens (including phenoxy) is 2. The second-order valence-corrected chi connectivity index (χ2v) is 4.38. The molecule has 3 nitrogen and oxygen atoms in total. The highest BCUT2D eigenvalue weighted by atomic mass is 19.1. The quantitative estimate of drug-likeness (QED) is 0.881. The number of halogens is 1. The summed E-state index contributed by atoms with van der Waals surface area (Å²) in [5, 5.41) is 0. The molecule has 2 rings (SSSR count). The number of hydrogen-bond acceptors (Lipinski definition) is 3. The van der Waals surface area contributed by atoms with E-state index in [4.69, 9.17) is 15.2 Å². The monoisotopic (exact) mass is 239 g/mol. The van der Waals surface area contributed by atoms with Gasteiger partial charge in [-0.25, -0.2) is 4.39 Å². The molecule has 1 aromatic rings. The Bertz CT molecular complexity index is 376. The summed E-state index contributed by atoms with van der Waals surface area (Å²) in [6.07, 6.45) is 1.62. The average molecular weight is 239 g/mol. The fourth-order valence-corrected chi connectivity index (χ4v) is 1.97. The molecular formula is C13H18FNO2. The van der Waals surface area contributed by atoms with Crippen LogP contribution in [0.5, 0.6) is 5.75 Å². The predicted octanol–water partition coefficient (Wildman–Crippen LogP) is 2.40. The van der Waals surface area contributed by atoms with E-state index in [9.17, 15) is 4.39 Å². The zero-order valence-electron chi connectivity index (χ0n) is 9.99. The maximum Gasteiger partial charge on any atom is 0.165 e. The molecule has 0 aromatic heterocycles. The Morgan fingerprint density at radius 2 is 2.12 bits per heavy atom. The molecule has 0 aliphatic carbocycles. The van der Waals surface area contributed by atoms with Crippen LogP contribution in [0.25, 0.3) is 0 Å². The van der Waals surface area contributed by atoms with Crippen molar-refractivity contribution in [3.63, 3.8) is 0 Å². The number of para-hydroxylation sites is 1. The third kappa shape index (κ3) is 2.96. The molecular weight excluding hydrogens is 221 g/mol. The molecule has 17 heavy (non-hydrogen) atoms. The number of rotatable bonds is 3. The number of hydrogen-bond donors (Lipinski definition) is 1. The number of benzene rings is 1. The Hall–Kier alpha value is -1.13. The van der Waals surface area contributed by atoms with E-state index in [1.807, 2.05) is 13.0 Å². The van der Waals surface area contributed by atoms with Crippen molar-refractivity contribution in [2.75, 3.05) is 13.2 Å². The molecule has 0 unspecified atom stereocenters. The van der Waals surface area contributed by atoms with Crippen molar-refractivity contribution in [3.8, 4) is 5.75 Å². The normalized spacial score (nSPS) is 19.0. The topological polar surface area (TPSA) is 44.5 Å². The van der Waals surface area contributed by atoms with E-state index < -0.39 is 0 Å². The highest BCUT2D eigenvalue weighted by Gasteiger charge is 2.20. The van der Waals surface area contributed by atoms with Gasteiger partial charge in [-0.1, -0.05) is 12.1 Å². The first-order valence-electron chi connectivity index (χ1n) is 5.97. The summed E-state index contributed by atoms with van der Waals surface area (Å²) in [4.78, 5) is 0. The van der Waals surface area contributed by atoms with Crippen molar-refractivity contribution in [2.24, 2.45) is 5.73 Å². The first kappa shape index (κ1) is 12.3. The maximum atomic E-state index is 13.8. The van der Waals surface area contributed by atoms with Gasteiger partial charge in [-0.2, -0.15) is 0 Å². The molecule has 0 radical (unpaired) electrons. The molecule has 1 atom stereocenters. The molecule has 1 aliphatic rings. The van der Waals surface area contributed by atoms with E-state index in [0.717, 1.165) is 18.4 Å². The summed E-state index contributed by atoms with van der Waals surface area (Å²) in [5.74, 6) is -0.0410. The van der Waals surface area contributed by atoms with Crippen molar-refractivity contribution in [1.82, 2.24) is 0 Å². The van der Waals surface area contributed by atoms with Crippen LogP contribution in [0.1, 0.15) is 31.4 Å². The van der Waals surface area contributed by atoms with Crippen LogP contribution in [0.2, 0.25) is 0 Å². The molecule has 1 fully saturated rings. The molecule has 94 valence electrons. The van der Waals surface area contributed by atoms with E-state index in [0.29, 0.717) is 19.0 Å². The fourth-order valence-electron chi connectivity index (χ4n) is 1.97. The van der Waals surface area contributed by atoms with Gasteiger partial charge >= 0.3 is 0 Å². The Kier molecular flexibility index (Phi) is 3.97. The van der Waals surface area contributed by atoms with Crippen molar-refractivity contribution < 1.29 is 13.9 Å². The first-order valence-corrected chi connectivity index (χ1v) is 5.97. The van der Waals surface area contributed by atoms with E-state index in [-0.39, 0.29) is 18.0 Å². The van der Waals surface area contributed by atoms with Crippen LogP contribution in [0.15, 0.2) is 18.2 Å². The van der Waals surface area contributed by atoms with Crippen molar-refractivity contribution in [1.29, 1.82) is 0 Å². The molecule has 1 heterocycles. The Morgan fingerprint density at radius 1 is 1.41 bits per heavy atom. The van der Waals surface area contributed by atoms with Gasteiger partial charge in [-0.15, -0.1) is 0 Å². The average Bonchev–Trinajstić information content (AvgIpc) is 2.33. The van der Waals surface area contributed by atoms with Gasteiger partial charge in [0.15, 0.2) is 11.6 Å². The molecule has 1 aromatic carbocycles. The van der Waals surface area contributed by atoms with Gasteiger partial charge in [0.2, 0.25) is 0 Å². The fraction of sp³-hybridized carbons (Fsp3) is 0.538. The highest BCUT2D eigenvalue weighted by Crippen LogP contribution is 2.29. The SMILES string of the molecule is C[C@H](N)c1cccc(F)c1OC1CCOCC1. The predicted molar refractivity (Wildman–Crippen MR) is 63.5 cm³/mol. The number of nitrogens with two attached hydrogens (primary N) is 1. The molecule has 4 heteroatoms. The van der Waals surface area contributed by atoms with Crippen LogP contribution in [0, 0.1) is 5.82 Å². The largest absolute Gasteiger partial charge is 0.487 e. The summed E-state index contributed by atoms with van der Waals surface area (Å²) in [6, 6.07) is 4.63. The molecule has 1 saturated heterocycles. The smallest absolute Gasteiger partial charge is 0.165 e. The van der Waals surface area contributed by atoms with Crippen LogP contribution in [-0.2, 0) is 4.74 Å². The summed E-state index contributed by atoms with van der Waals surface area (Å²) in [7, 11) is 0. The van der Waals surface area contributed by atoms with Crippen molar-refractivity contribution in [3.05, 3.63) is 29.6 Å². The standard InChI is InChI=1S/C13H18FNO2/c1-9(15)11-3-2-4-12(14)13(11)17-10-5-7-16-8-6-10/h2-4,9-10H,5-8,15H2,1H3/t9-/m0/s1. The third-order valence-electron chi connectivity index (χ3n) is 2.94. The zero-order valence-corrected chi connectivity index (χ0v) is 9.99. The minimum absolute atomic E-state index is 0.0261. The van der Waals surface area contributed by atoms with E-state index in [2.05, 4.69) is 0 Å². The lowest BCUT2D eigenvalue weighted by Gasteiger charge is -2.25. The van der Waals surface area contributed by atoms with Crippen LogP contribution < -0.4 is 10.5 Å². The Labute approximate surface area is 101 Å². The van der Waals surface area contributed by atoms with E-state index in [1.54, 1.807) is 6.07 Å². The lowest BCUT2D eigenvalue weighted by atomic mass is 10.1. The molecule has 0 bridgehead atoms. The van der Waals surface area contributed by atoms with Crippen LogP contribution in [0.3, 0.4) is 0 Å². The lowest BCUT2D eigenvalue weighted by Crippen LogP contribution is -2.27. The molecule has 1 aliphatic heterocycles. The Morgan fingerprint density at radius 3 is 2.76 bits per heavy atom. The summed E-state index contributed by atoms with van der Waals surface area (Å²) < 4.78 is 24.7. The third-order valence-corrected chi connectivity index (χ3v) is 2.94. The van der Waals surface area contributed by atoms with E-state index >= 15 is 0 Å². The van der Waals surface area contributed by atoms with Gasteiger partial charge in [0.1, 0.15) is 6.10 Å². The van der Waals surface area contributed by atoms with E-state index in [1.165, 1.54) is 6.07 Å². The minimum Gasteiger partial charge on any atom is -0.487 e. The Balaban J connectivity index is 2.18. The first-order chi connectivity index (χ1) is 8.18. The van der Waals surface area contributed by atoms with Crippen molar-refractivity contribution >= 4 is 0 Å². The summed E-state index contributed by atoms with van der Waals surface area (Å²) in [6.45, 7) is 3.17. The lowest BCUT2D eigenvalue weighted by molar-refractivity contribution is 0.0235. The van der Waals surface area contributed by atoms with Gasteiger partial charge in [-0.05, 0) is 13.0 Å². The minimum atomic E-state index is -0.341. The van der Waals surface area contributed by atoms with Crippen LogP contribution in [0.4, 0.5) is 4.39 Å². The van der Waals surface area contributed by atoms with Crippen molar-refractivity contribution in [2.45, 2.75) is 31.9 Å². The summed E-state index contributed by atoms with van der Waals surface area (Å²) in [5.41, 5.74) is 6.54. The molecule has 2 N–H and O–H groups in total.